The third kappa shape index (κ3) is 3.55. The topological polar surface area (TPSA) is 39.2 Å². The molecule has 4 heteroatoms. The van der Waals surface area contributed by atoms with Gasteiger partial charge in [-0.05, 0) is 43.7 Å². The first-order chi connectivity index (χ1) is 9.06. The summed E-state index contributed by atoms with van der Waals surface area (Å²) in [6, 6.07) is 8.78. The molecule has 2 aromatic rings. The van der Waals surface area contributed by atoms with Gasteiger partial charge in [0.05, 0.1) is 0 Å². The fraction of sp³-hybridized carbons (Fsp3) is 0.200. The second-order valence-corrected chi connectivity index (χ2v) is 4.77. The summed E-state index contributed by atoms with van der Waals surface area (Å²) in [7, 11) is 0. The van der Waals surface area contributed by atoms with Crippen molar-refractivity contribution in [1.82, 2.24) is 4.98 Å². The van der Waals surface area contributed by atoms with Gasteiger partial charge in [-0.15, -0.1) is 0 Å². The van der Waals surface area contributed by atoms with Crippen LogP contribution in [0.5, 0.6) is 5.75 Å². The molecule has 19 heavy (non-hydrogen) atoms. The standard InChI is InChI=1S/C15H14ClNO2/c1-10-6-12(9-17-8-10)15(18)11(2)19-14-5-3-4-13(16)7-14/h3-9,11H,1-2H3. The van der Waals surface area contributed by atoms with Gasteiger partial charge in [0.25, 0.3) is 0 Å². The summed E-state index contributed by atoms with van der Waals surface area (Å²) in [5.41, 5.74) is 1.50. The van der Waals surface area contributed by atoms with Crippen LogP contribution < -0.4 is 4.74 Å². The Labute approximate surface area is 117 Å². The summed E-state index contributed by atoms with van der Waals surface area (Å²) in [6.45, 7) is 3.61. The summed E-state index contributed by atoms with van der Waals surface area (Å²) >= 11 is 5.87. The highest BCUT2D eigenvalue weighted by molar-refractivity contribution is 6.30. The molecule has 0 aliphatic rings. The normalized spacial score (nSPS) is 11.9. The summed E-state index contributed by atoms with van der Waals surface area (Å²) in [6.07, 6.45) is 2.67. The molecule has 1 unspecified atom stereocenters. The molecule has 1 heterocycles. The highest BCUT2D eigenvalue weighted by atomic mass is 35.5. The van der Waals surface area contributed by atoms with Crippen LogP contribution in [-0.4, -0.2) is 16.9 Å². The predicted octanol–water partition coefficient (Wildman–Crippen LogP) is 3.69. The summed E-state index contributed by atoms with van der Waals surface area (Å²) in [4.78, 5) is 16.2. The molecule has 0 aliphatic heterocycles. The van der Waals surface area contributed by atoms with Gasteiger partial charge in [-0.25, -0.2) is 0 Å². The van der Waals surface area contributed by atoms with Crippen LogP contribution >= 0.6 is 11.6 Å². The van der Waals surface area contributed by atoms with Crippen LogP contribution in [0.25, 0.3) is 0 Å². The van der Waals surface area contributed by atoms with Gasteiger partial charge in [0.2, 0.25) is 5.78 Å². The van der Waals surface area contributed by atoms with Crippen molar-refractivity contribution in [1.29, 1.82) is 0 Å². The monoisotopic (exact) mass is 275 g/mol. The van der Waals surface area contributed by atoms with Crippen LogP contribution in [0.3, 0.4) is 0 Å². The lowest BCUT2D eigenvalue weighted by Crippen LogP contribution is -2.24. The Bertz CT molecular complexity index is 598. The maximum Gasteiger partial charge on any atom is 0.204 e. The molecule has 0 saturated carbocycles. The molecule has 0 aliphatic carbocycles. The summed E-state index contributed by atoms with van der Waals surface area (Å²) in [5.74, 6) is 0.477. The summed E-state index contributed by atoms with van der Waals surface area (Å²) < 4.78 is 5.59. The molecule has 0 N–H and O–H groups in total. The molecule has 0 amide bonds. The Balaban J connectivity index is 2.12. The molecule has 0 spiro atoms. The largest absolute Gasteiger partial charge is 0.483 e. The Kier molecular flexibility index (Phi) is 4.17. The number of ether oxygens (including phenoxy) is 1. The van der Waals surface area contributed by atoms with Gasteiger partial charge in [-0.2, -0.15) is 0 Å². The summed E-state index contributed by atoms with van der Waals surface area (Å²) in [5, 5.41) is 0.578. The Morgan fingerprint density at radius 3 is 2.79 bits per heavy atom. The van der Waals surface area contributed by atoms with Gasteiger partial charge in [-0.1, -0.05) is 17.7 Å². The molecule has 0 bridgehead atoms. The number of aryl methyl sites for hydroxylation is 1. The lowest BCUT2D eigenvalue weighted by molar-refractivity contribution is 0.0817. The predicted molar refractivity (Wildman–Crippen MR) is 74.8 cm³/mol. The first-order valence-corrected chi connectivity index (χ1v) is 6.32. The van der Waals surface area contributed by atoms with E-state index in [2.05, 4.69) is 4.98 Å². The average molecular weight is 276 g/mol. The zero-order chi connectivity index (χ0) is 13.8. The lowest BCUT2D eigenvalue weighted by atomic mass is 10.1. The highest BCUT2D eigenvalue weighted by Crippen LogP contribution is 2.19. The van der Waals surface area contributed by atoms with Crippen molar-refractivity contribution in [2.45, 2.75) is 20.0 Å². The number of carbonyl (C=O) groups is 1. The van der Waals surface area contributed by atoms with E-state index >= 15 is 0 Å². The van der Waals surface area contributed by atoms with Crippen LogP contribution in [0.15, 0.2) is 42.7 Å². The fourth-order valence-electron chi connectivity index (χ4n) is 1.72. The van der Waals surface area contributed by atoms with E-state index in [1.54, 1.807) is 49.6 Å². The quantitative estimate of drug-likeness (QED) is 0.799. The Morgan fingerprint density at radius 1 is 1.32 bits per heavy atom. The SMILES string of the molecule is Cc1cncc(C(=O)C(C)Oc2cccc(Cl)c2)c1. The highest BCUT2D eigenvalue weighted by Gasteiger charge is 2.17. The van der Waals surface area contributed by atoms with E-state index in [1.165, 1.54) is 0 Å². The van der Waals surface area contributed by atoms with Crippen molar-refractivity contribution in [2.75, 3.05) is 0 Å². The van der Waals surface area contributed by atoms with Crippen LogP contribution in [0, 0.1) is 6.92 Å². The number of ketones is 1. The fourth-order valence-corrected chi connectivity index (χ4v) is 1.90. The van der Waals surface area contributed by atoms with E-state index < -0.39 is 6.10 Å². The van der Waals surface area contributed by atoms with E-state index in [4.69, 9.17) is 16.3 Å². The van der Waals surface area contributed by atoms with Crippen LogP contribution in [0.2, 0.25) is 5.02 Å². The molecule has 0 saturated heterocycles. The van der Waals surface area contributed by atoms with E-state index in [9.17, 15) is 4.79 Å². The first kappa shape index (κ1) is 13.6. The first-order valence-electron chi connectivity index (χ1n) is 5.94. The maximum absolute atomic E-state index is 12.2. The molecular weight excluding hydrogens is 262 g/mol. The number of halogens is 1. The minimum Gasteiger partial charge on any atom is -0.483 e. The van der Waals surface area contributed by atoms with Crippen LogP contribution in [0.1, 0.15) is 22.8 Å². The van der Waals surface area contributed by atoms with Gasteiger partial charge >= 0.3 is 0 Å². The third-order valence-electron chi connectivity index (χ3n) is 2.64. The molecule has 3 nitrogen and oxygen atoms in total. The number of pyridine rings is 1. The second kappa shape index (κ2) is 5.85. The number of carbonyl (C=O) groups excluding carboxylic acids is 1. The lowest BCUT2D eigenvalue weighted by Gasteiger charge is -2.13. The smallest absolute Gasteiger partial charge is 0.204 e. The van der Waals surface area contributed by atoms with Gasteiger partial charge in [0.15, 0.2) is 6.10 Å². The molecule has 1 atom stereocenters. The van der Waals surface area contributed by atoms with Gasteiger partial charge < -0.3 is 4.74 Å². The zero-order valence-corrected chi connectivity index (χ0v) is 11.5. The molecule has 98 valence electrons. The van der Waals surface area contributed by atoms with Crippen molar-refractivity contribution in [3.05, 3.63) is 58.9 Å². The number of hydrogen-bond acceptors (Lipinski definition) is 3. The van der Waals surface area contributed by atoms with Crippen LogP contribution in [-0.2, 0) is 0 Å². The Morgan fingerprint density at radius 2 is 2.11 bits per heavy atom. The Hall–Kier alpha value is -1.87. The number of aromatic nitrogens is 1. The van der Waals surface area contributed by atoms with E-state index in [1.807, 2.05) is 6.92 Å². The van der Waals surface area contributed by atoms with E-state index in [0.29, 0.717) is 16.3 Å². The molecule has 1 aromatic carbocycles. The van der Waals surface area contributed by atoms with Gasteiger partial charge in [0, 0.05) is 23.0 Å². The zero-order valence-electron chi connectivity index (χ0n) is 10.8. The molecule has 2 rings (SSSR count). The number of rotatable bonds is 4. The third-order valence-corrected chi connectivity index (χ3v) is 2.87. The van der Waals surface area contributed by atoms with Crippen molar-refractivity contribution < 1.29 is 9.53 Å². The van der Waals surface area contributed by atoms with E-state index in [0.717, 1.165) is 5.56 Å². The van der Waals surface area contributed by atoms with Crippen molar-refractivity contribution in [3.8, 4) is 5.75 Å². The molecule has 0 radical (unpaired) electrons. The number of benzene rings is 1. The van der Waals surface area contributed by atoms with Gasteiger partial charge in [-0.3, -0.25) is 9.78 Å². The minimum atomic E-state index is -0.581. The van der Waals surface area contributed by atoms with E-state index in [-0.39, 0.29) is 5.78 Å². The maximum atomic E-state index is 12.2. The molecular formula is C15H14ClNO2. The minimum absolute atomic E-state index is 0.101. The van der Waals surface area contributed by atoms with Crippen LogP contribution in [0.4, 0.5) is 0 Å². The average Bonchev–Trinajstić information content (AvgIpc) is 2.38. The van der Waals surface area contributed by atoms with Crippen molar-refractivity contribution in [3.63, 3.8) is 0 Å². The number of hydrogen-bond donors (Lipinski definition) is 0. The second-order valence-electron chi connectivity index (χ2n) is 4.33. The van der Waals surface area contributed by atoms with Crippen molar-refractivity contribution >= 4 is 17.4 Å². The molecule has 0 fully saturated rings. The number of Topliss-reactive ketones (excluding diaryl/α,β-unsaturated/α-hetero) is 1. The molecule has 1 aromatic heterocycles. The number of nitrogens with zero attached hydrogens (tertiary/aromatic N) is 1. The van der Waals surface area contributed by atoms with Crippen molar-refractivity contribution in [2.24, 2.45) is 0 Å². The van der Waals surface area contributed by atoms with Gasteiger partial charge in [0.1, 0.15) is 5.75 Å².